The second-order valence-electron chi connectivity index (χ2n) is 7.89. The Hall–Kier alpha value is -2.23. The third-order valence-electron chi connectivity index (χ3n) is 6.34. The first kappa shape index (κ1) is 23.1. The first-order valence-electron chi connectivity index (χ1n) is 8.91. The summed E-state index contributed by atoms with van der Waals surface area (Å²) in [4.78, 5) is 24.7. The predicted molar refractivity (Wildman–Crippen MR) is 92.0 cm³/mol. The quantitative estimate of drug-likeness (QED) is 0.499. The van der Waals surface area contributed by atoms with E-state index in [1.807, 2.05) is 0 Å². The average Bonchev–Trinajstić information content (AvgIpc) is 2.61. The maximum atomic E-state index is 14.8. The number of benzene rings is 1. The number of nitrogens with one attached hydrogen (secondary N) is 1. The summed E-state index contributed by atoms with van der Waals surface area (Å²) >= 11 is 0. The van der Waals surface area contributed by atoms with Crippen molar-refractivity contribution in [1.29, 1.82) is 0 Å². The Balaban J connectivity index is 3.10. The van der Waals surface area contributed by atoms with Crippen molar-refractivity contribution in [2.75, 3.05) is 6.67 Å². The summed E-state index contributed by atoms with van der Waals surface area (Å²) in [5.74, 6) is -13.9. The van der Waals surface area contributed by atoms with E-state index >= 15 is 0 Å². The van der Waals surface area contributed by atoms with E-state index in [9.17, 15) is 41.8 Å². The largest absolute Gasteiger partial charge is 0.481 e. The summed E-state index contributed by atoms with van der Waals surface area (Å²) in [5, 5.41) is 22.6. The summed E-state index contributed by atoms with van der Waals surface area (Å²) in [6.45, 7) is 3.66. The fourth-order valence-electron chi connectivity index (χ4n) is 4.81. The Bertz CT molecular complexity index is 822. The number of carboxylic acid groups (broad SMARTS) is 2. The second-order valence-corrected chi connectivity index (χ2v) is 7.89. The molecule has 5 atom stereocenters. The molecule has 5 unspecified atom stereocenters. The summed E-state index contributed by atoms with van der Waals surface area (Å²) in [5.41, 5.74) is -6.04. The number of carbonyl (C=O) groups is 2. The van der Waals surface area contributed by atoms with E-state index in [-0.39, 0.29) is 6.07 Å². The van der Waals surface area contributed by atoms with Gasteiger partial charge in [-0.05, 0) is 19.8 Å². The van der Waals surface area contributed by atoms with Crippen LogP contribution < -0.4 is 5.32 Å². The molecule has 1 aliphatic rings. The molecule has 1 fully saturated rings. The molecule has 0 aliphatic carbocycles. The van der Waals surface area contributed by atoms with Crippen LogP contribution in [0.1, 0.15) is 39.2 Å². The molecule has 0 saturated carbocycles. The van der Waals surface area contributed by atoms with E-state index in [1.54, 1.807) is 0 Å². The smallest absolute Gasteiger partial charge is 0.312 e. The Morgan fingerprint density at radius 1 is 1.10 bits per heavy atom. The standard InChI is InChI=1S/C19H22F5NO4/c1-7(2)19(17(28)29)8(3)25-11(6-20)18(4,16(26)27)15(19)12-13(23)9(21)5-10(22)14(12)24/h5,7-8,11,15,25H,6H2,1-4H3,(H,26,27)(H,28,29). The van der Waals surface area contributed by atoms with Gasteiger partial charge in [-0.3, -0.25) is 9.59 Å². The Labute approximate surface area is 163 Å². The molecule has 0 amide bonds. The van der Waals surface area contributed by atoms with Gasteiger partial charge in [0.05, 0.1) is 16.9 Å². The van der Waals surface area contributed by atoms with Crippen molar-refractivity contribution in [1.82, 2.24) is 5.32 Å². The molecule has 0 radical (unpaired) electrons. The third-order valence-corrected chi connectivity index (χ3v) is 6.34. The molecule has 1 saturated heterocycles. The molecule has 29 heavy (non-hydrogen) atoms. The molecule has 5 nitrogen and oxygen atoms in total. The van der Waals surface area contributed by atoms with Crippen molar-refractivity contribution in [2.45, 2.75) is 45.7 Å². The van der Waals surface area contributed by atoms with E-state index in [1.165, 1.54) is 20.8 Å². The molecule has 162 valence electrons. The molecule has 1 aromatic carbocycles. The monoisotopic (exact) mass is 423 g/mol. The van der Waals surface area contributed by atoms with Crippen LogP contribution in [0.2, 0.25) is 0 Å². The third kappa shape index (κ3) is 2.99. The molecule has 2 rings (SSSR count). The highest BCUT2D eigenvalue weighted by Crippen LogP contribution is 2.59. The van der Waals surface area contributed by atoms with Crippen molar-refractivity contribution in [2.24, 2.45) is 16.7 Å². The predicted octanol–water partition coefficient (Wildman–Crippen LogP) is 3.47. The lowest BCUT2D eigenvalue weighted by Crippen LogP contribution is -2.71. The van der Waals surface area contributed by atoms with Crippen molar-refractivity contribution in [3.05, 3.63) is 34.9 Å². The number of halogens is 5. The van der Waals surface area contributed by atoms with Gasteiger partial charge in [-0.2, -0.15) is 0 Å². The van der Waals surface area contributed by atoms with E-state index in [2.05, 4.69) is 5.32 Å². The first-order valence-corrected chi connectivity index (χ1v) is 8.91. The molecule has 0 aromatic heterocycles. The van der Waals surface area contributed by atoms with Crippen LogP contribution in [0.3, 0.4) is 0 Å². The van der Waals surface area contributed by atoms with E-state index in [0.29, 0.717) is 0 Å². The van der Waals surface area contributed by atoms with Crippen LogP contribution >= 0.6 is 0 Å². The summed E-state index contributed by atoms with van der Waals surface area (Å²) in [6.07, 6.45) is 0. The van der Waals surface area contributed by atoms with Crippen LogP contribution in [0.4, 0.5) is 22.0 Å². The summed E-state index contributed by atoms with van der Waals surface area (Å²) in [7, 11) is 0. The fraction of sp³-hybridized carbons (Fsp3) is 0.579. The number of alkyl halides is 1. The van der Waals surface area contributed by atoms with Gasteiger partial charge >= 0.3 is 11.9 Å². The Morgan fingerprint density at radius 2 is 1.59 bits per heavy atom. The highest BCUT2D eigenvalue weighted by atomic mass is 19.2. The second kappa shape index (κ2) is 7.55. The average molecular weight is 423 g/mol. The zero-order valence-corrected chi connectivity index (χ0v) is 16.2. The number of carboxylic acids is 2. The molecule has 0 bridgehead atoms. The molecule has 1 aromatic rings. The maximum Gasteiger partial charge on any atom is 0.312 e. The minimum atomic E-state index is -2.45. The van der Waals surface area contributed by atoms with Crippen LogP contribution in [0.15, 0.2) is 6.07 Å². The zero-order chi connectivity index (χ0) is 22.5. The van der Waals surface area contributed by atoms with Crippen LogP contribution in [-0.2, 0) is 9.59 Å². The first-order chi connectivity index (χ1) is 13.3. The van der Waals surface area contributed by atoms with Gasteiger partial charge in [-0.15, -0.1) is 0 Å². The number of hydrogen-bond donors (Lipinski definition) is 3. The normalized spacial score (nSPS) is 32.4. The molecule has 0 spiro atoms. The van der Waals surface area contributed by atoms with Gasteiger partial charge in [-0.25, -0.2) is 22.0 Å². The minimum Gasteiger partial charge on any atom is -0.481 e. The van der Waals surface area contributed by atoms with Gasteiger partial charge in [0.15, 0.2) is 23.3 Å². The SMILES string of the molecule is CC(C)C1(C(=O)O)C(C)NC(CF)C(C)(C(=O)O)C1c1c(F)c(F)cc(F)c1F. The molecular formula is C19H22F5NO4. The van der Waals surface area contributed by atoms with E-state index in [4.69, 9.17) is 0 Å². The lowest BCUT2D eigenvalue weighted by Gasteiger charge is -2.57. The van der Waals surface area contributed by atoms with Gasteiger partial charge in [0.1, 0.15) is 6.67 Å². The lowest BCUT2D eigenvalue weighted by atomic mass is 9.49. The van der Waals surface area contributed by atoms with Gasteiger partial charge in [-0.1, -0.05) is 13.8 Å². The van der Waals surface area contributed by atoms with Gasteiger partial charge in [0.2, 0.25) is 0 Å². The van der Waals surface area contributed by atoms with Crippen LogP contribution in [0, 0.1) is 40.0 Å². The van der Waals surface area contributed by atoms with Crippen molar-refractivity contribution in [3.8, 4) is 0 Å². The lowest BCUT2D eigenvalue weighted by molar-refractivity contribution is -0.177. The van der Waals surface area contributed by atoms with Crippen LogP contribution in [0.25, 0.3) is 0 Å². The molecule has 1 aliphatic heterocycles. The van der Waals surface area contributed by atoms with E-state index in [0.717, 1.165) is 6.92 Å². The van der Waals surface area contributed by atoms with Gasteiger partial charge in [0, 0.05) is 23.6 Å². The van der Waals surface area contributed by atoms with Gasteiger partial charge in [0.25, 0.3) is 0 Å². The number of piperidine rings is 1. The number of hydrogen-bond acceptors (Lipinski definition) is 3. The van der Waals surface area contributed by atoms with Crippen LogP contribution in [0.5, 0.6) is 0 Å². The molecule has 10 heteroatoms. The highest BCUT2D eigenvalue weighted by molar-refractivity contribution is 5.84. The molecule has 3 N–H and O–H groups in total. The summed E-state index contributed by atoms with van der Waals surface area (Å²) < 4.78 is 71.3. The van der Waals surface area contributed by atoms with Crippen molar-refractivity contribution >= 4 is 11.9 Å². The molecule has 1 heterocycles. The maximum absolute atomic E-state index is 14.8. The zero-order valence-electron chi connectivity index (χ0n) is 16.2. The summed E-state index contributed by atoms with van der Waals surface area (Å²) in [6, 6.07) is -2.82. The van der Waals surface area contributed by atoms with E-state index < -0.39 is 82.2 Å². The Morgan fingerprint density at radius 3 is 1.93 bits per heavy atom. The Kier molecular flexibility index (Phi) is 6.00. The molecular weight excluding hydrogens is 401 g/mol. The topological polar surface area (TPSA) is 86.6 Å². The van der Waals surface area contributed by atoms with Crippen LogP contribution in [-0.4, -0.2) is 40.9 Å². The number of aliphatic carboxylic acids is 2. The fourth-order valence-corrected chi connectivity index (χ4v) is 4.81. The van der Waals surface area contributed by atoms with Crippen molar-refractivity contribution in [3.63, 3.8) is 0 Å². The highest BCUT2D eigenvalue weighted by Gasteiger charge is 2.68. The minimum absolute atomic E-state index is 0.0543. The number of rotatable bonds is 5. The van der Waals surface area contributed by atoms with Gasteiger partial charge < -0.3 is 15.5 Å². The van der Waals surface area contributed by atoms with Crippen molar-refractivity contribution < 1.29 is 41.8 Å².